The van der Waals surface area contributed by atoms with Crippen molar-refractivity contribution in [2.24, 2.45) is 0 Å². The second-order valence-corrected chi connectivity index (χ2v) is 4.00. The van der Waals surface area contributed by atoms with Crippen LogP contribution in [0.4, 0.5) is 13.2 Å². The normalized spacial score (nSPS) is 11.6. The van der Waals surface area contributed by atoms with E-state index in [1.54, 1.807) is 0 Å². The van der Waals surface area contributed by atoms with Crippen LogP contribution in [-0.4, -0.2) is 35.3 Å². The standard InChI is InChI=1S/C11H17F3N4O/c1-2-4-15-5-6-16-10(19)8-18-7-3-9(17-18)11(12,13)14/h3,7,15H,2,4-6,8H2,1H3,(H,16,19). The molecule has 19 heavy (non-hydrogen) atoms. The van der Waals surface area contributed by atoms with Crippen molar-refractivity contribution in [2.45, 2.75) is 26.1 Å². The third kappa shape index (κ3) is 5.73. The number of amides is 1. The lowest BCUT2D eigenvalue weighted by atomic mass is 10.4. The van der Waals surface area contributed by atoms with Crippen molar-refractivity contribution in [1.82, 2.24) is 20.4 Å². The van der Waals surface area contributed by atoms with Crippen molar-refractivity contribution in [3.63, 3.8) is 0 Å². The quantitative estimate of drug-likeness (QED) is 0.732. The number of alkyl halides is 3. The summed E-state index contributed by atoms with van der Waals surface area (Å²) in [6.45, 7) is 3.74. The second kappa shape index (κ2) is 7.13. The monoisotopic (exact) mass is 278 g/mol. The average molecular weight is 278 g/mol. The van der Waals surface area contributed by atoms with E-state index in [-0.39, 0.29) is 12.5 Å². The summed E-state index contributed by atoms with van der Waals surface area (Å²) in [5.74, 6) is -0.366. The van der Waals surface area contributed by atoms with Gasteiger partial charge < -0.3 is 10.6 Å². The Morgan fingerprint density at radius 2 is 2.11 bits per heavy atom. The van der Waals surface area contributed by atoms with Gasteiger partial charge in [0.2, 0.25) is 5.91 Å². The van der Waals surface area contributed by atoms with Gasteiger partial charge in [0.1, 0.15) is 6.54 Å². The number of carbonyl (C=O) groups is 1. The van der Waals surface area contributed by atoms with E-state index in [1.165, 1.54) is 0 Å². The third-order valence-corrected chi connectivity index (χ3v) is 2.29. The maximum absolute atomic E-state index is 12.3. The lowest BCUT2D eigenvalue weighted by Crippen LogP contribution is -2.34. The van der Waals surface area contributed by atoms with Crippen LogP contribution in [0.5, 0.6) is 0 Å². The Hall–Kier alpha value is -1.57. The Bertz CT molecular complexity index is 403. The van der Waals surface area contributed by atoms with E-state index in [9.17, 15) is 18.0 Å². The Balaban J connectivity index is 2.30. The van der Waals surface area contributed by atoms with Crippen molar-refractivity contribution in [2.75, 3.05) is 19.6 Å². The van der Waals surface area contributed by atoms with Gasteiger partial charge in [0.25, 0.3) is 0 Å². The van der Waals surface area contributed by atoms with Crippen LogP contribution in [0.25, 0.3) is 0 Å². The van der Waals surface area contributed by atoms with E-state index in [4.69, 9.17) is 0 Å². The first-order valence-corrected chi connectivity index (χ1v) is 6.01. The van der Waals surface area contributed by atoms with Crippen molar-refractivity contribution < 1.29 is 18.0 Å². The summed E-state index contributed by atoms with van der Waals surface area (Å²) >= 11 is 0. The van der Waals surface area contributed by atoms with E-state index in [0.717, 1.165) is 29.9 Å². The number of nitrogens with zero attached hydrogens (tertiary/aromatic N) is 2. The smallest absolute Gasteiger partial charge is 0.353 e. The molecule has 0 aromatic carbocycles. The van der Waals surface area contributed by atoms with E-state index in [2.05, 4.69) is 15.7 Å². The molecular formula is C11H17F3N4O. The van der Waals surface area contributed by atoms with Crippen molar-refractivity contribution >= 4 is 5.91 Å². The van der Waals surface area contributed by atoms with E-state index in [1.807, 2.05) is 6.92 Å². The number of rotatable bonds is 7. The molecule has 108 valence electrons. The molecule has 2 N–H and O–H groups in total. The molecule has 0 fully saturated rings. The van der Waals surface area contributed by atoms with Crippen LogP contribution in [0, 0.1) is 0 Å². The fourth-order valence-electron chi connectivity index (χ4n) is 1.40. The topological polar surface area (TPSA) is 58.9 Å². The molecule has 1 heterocycles. The highest BCUT2D eigenvalue weighted by Gasteiger charge is 2.33. The van der Waals surface area contributed by atoms with Gasteiger partial charge in [-0.3, -0.25) is 9.48 Å². The van der Waals surface area contributed by atoms with Gasteiger partial charge in [-0.25, -0.2) is 0 Å². The molecule has 5 nitrogen and oxygen atoms in total. The van der Waals surface area contributed by atoms with Crippen molar-refractivity contribution in [1.29, 1.82) is 0 Å². The molecule has 8 heteroatoms. The molecule has 0 radical (unpaired) electrons. The van der Waals surface area contributed by atoms with E-state index in [0.29, 0.717) is 13.1 Å². The maximum atomic E-state index is 12.3. The lowest BCUT2D eigenvalue weighted by molar-refractivity contribution is -0.141. The largest absolute Gasteiger partial charge is 0.435 e. The van der Waals surface area contributed by atoms with Crippen molar-refractivity contribution in [3.8, 4) is 0 Å². The SMILES string of the molecule is CCCNCCNC(=O)Cn1ccc(C(F)(F)F)n1. The molecule has 0 saturated heterocycles. The Kier molecular flexibility index (Phi) is 5.81. The van der Waals surface area contributed by atoms with Gasteiger partial charge >= 0.3 is 6.18 Å². The molecule has 0 aliphatic heterocycles. The van der Waals surface area contributed by atoms with Crippen LogP contribution in [0.2, 0.25) is 0 Å². The first-order chi connectivity index (χ1) is 8.93. The predicted molar refractivity (Wildman–Crippen MR) is 63.4 cm³/mol. The van der Waals surface area contributed by atoms with Crippen LogP contribution in [0.15, 0.2) is 12.3 Å². The zero-order valence-electron chi connectivity index (χ0n) is 10.6. The van der Waals surface area contributed by atoms with Gasteiger partial charge in [0, 0.05) is 19.3 Å². The van der Waals surface area contributed by atoms with Crippen LogP contribution < -0.4 is 10.6 Å². The summed E-state index contributed by atoms with van der Waals surface area (Å²) in [6.07, 6.45) is -2.34. The molecule has 1 amide bonds. The minimum Gasteiger partial charge on any atom is -0.353 e. The van der Waals surface area contributed by atoms with E-state index >= 15 is 0 Å². The predicted octanol–water partition coefficient (Wildman–Crippen LogP) is 1.02. The highest BCUT2D eigenvalue weighted by atomic mass is 19.4. The number of hydrogen-bond donors (Lipinski definition) is 2. The average Bonchev–Trinajstić information content (AvgIpc) is 2.77. The Morgan fingerprint density at radius 3 is 2.68 bits per heavy atom. The molecular weight excluding hydrogens is 261 g/mol. The highest BCUT2D eigenvalue weighted by molar-refractivity contribution is 5.75. The first-order valence-electron chi connectivity index (χ1n) is 6.01. The number of carbonyl (C=O) groups excluding carboxylic acids is 1. The zero-order valence-corrected chi connectivity index (χ0v) is 10.6. The minimum atomic E-state index is -4.48. The molecule has 0 aliphatic carbocycles. The van der Waals surface area contributed by atoms with E-state index < -0.39 is 11.9 Å². The summed E-state index contributed by atoms with van der Waals surface area (Å²) in [5, 5.41) is 8.98. The molecule has 1 rings (SSSR count). The fraction of sp³-hybridized carbons (Fsp3) is 0.636. The Labute approximate surface area is 109 Å². The summed E-state index contributed by atoms with van der Waals surface area (Å²) in [5.41, 5.74) is -0.995. The van der Waals surface area contributed by atoms with Crippen LogP contribution in [0.3, 0.4) is 0 Å². The van der Waals surface area contributed by atoms with Crippen LogP contribution in [-0.2, 0) is 17.5 Å². The van der Waals surface area contributed by atoms with Gasteiger partial charge in [-0.2, -0.15) is 18.3 Å². The highest BCUT2D eigenvalue weighted by Crippen LogP contribution is 2.27. The minimum absolute atomic E-state index is 0.218. The number of nitrogens with one attached hydrogen (secondary N) is 2. The number of hydrogen-bond acceptors (Lipinski definition) is 3. The number of halogens is 3. The number of aromatic nitrogens is 2. The Morgan fingerprint density at radius 1 is 1.37 bits per heavy atom. The summed E-state index contributed by atoms with van der Waals surface area (Å²) in [6, 6.07) is 0.843. The maximum Gasteiger partial charge on any atom is 0.435 e. The van der Waals surface area contributed by atoms with Gasteiger partial charge in [-0.05, 0) is 19.0 Å². The summed E-state index contributed by atoms with van der Waals surface area (Å²) in [7, 11) is 0. The first kappa shape index (κ1) is 15.5. The summed E-state index contributed by atoms with van der Waals surface area (Å²) < 4.78 is 37.8. The van der Waals surface area contributed by atoms with Gasteiger partial charge in [0.05, 0.1) is 0 Å². The zero-order chi connectivity index (χ0) is 14.3. The molecule has 0 spiro atoms. The molecule has 0 atom stereocenters. The third-order valence-electron chi connectivity index (χ3n) is 2.29. The molecule has 1 aromatic heterocycles. The van der Waals surface area contributed by atoms with Gasteiger partial charge in [0.15, 0.2) is 5.69 Å². The lowest BCUT2D eigenvalue weighted by Gasteiger charge is -2.06. The van der Waals surface area contributed by atoms with Crippen LogP contribution in [0.1, 0.15) is 19.0 Å². The molecule has 1 aromatic rings. The molecule has 0 saturated carbocycles. The fourth-order valence-corrected chi connectivity index (χ4v) is 1.40. The van der Waals surface area contributed by atoms with Crippen molar-refractivity contribution in [3.05, 3.63) is 18.0 Å². The molecule has 0 aliphatic rings. The molecule has 0 unspecified atom stereocenters. The summed E-state index contributed by atoms with van der Waals surface area (Å²) in [4.78, 5) is 11.4. The van der Waals surface area contributed by atoms with Gasteiger partial charge in [-0.1, -0.05) is 6.92 Å². The molecule has 0 bridgehead atoms. The van der Waals surface area contributed by atoms with Crippen LogP contribution >= 0.6 is 0 Å². The second-order valence-electron chi connectivity index (χ2n) is 4.00. The van der Waals surface area contributed by atoms with Gasteiger partial charge in [-0.15, -0.1) is 0 Å².